The molecule has 0 aromatic heterocycles. The van der Waals surface area contributed by atoms with Gasteiger partial charge in [0.2, 0.25) is 0 Å². The number of hydrogen-bond donors (Lipinski definition) is 3. The van der Waals surface area contributed by atoms with Gasteiger partial charge in [0.1, 0.15) is 0 Å². The van der Waals surface area contributed by atoms with E-state index >= 15 is 0 Å². The van der Waals surface area contributed by atoms with Crippen LogP contribution in [0.4, 0.5) is 0 Å². The molecule has 0 bridgehead atoms. The molecule has 0 spiro atoms. The lowest BCUT2D eigenvalue weighted by molar-refractivity contribution is 0.0993. The first-order valence-electron chi connectivity index (χ1n) is 7.31. The van der Waals surface area contributed by atoms with Crippen LogP contribution < -0.4 is 10.6 Å². The van der Waals surface area contributed by atoms with Crippen molar-refractivity contribution in [2.24, 2.45) is 11.8 Å². The Bertz CT molecular complexity index is 218. The molecule has 0 atom stereocenters. The third-order valence-electron chi connectivity index (χ3n) is 4.76. The van der Waals surface area contributed by atoms with E-state index < -0.39 is 0 Å². The monoisotopic (exact) mass is 240 g/mol. The Morgan fingerprint density at radius 3 is 2.41 bits per heavy atom. The summed E-state index contributed by atoms with van der Waals surface area (Å²) in [4.78, 5) is 0. The van der Waals surface area contributed by atoms with Gasteiger partial charge in [-0.3, -0.25) is 0 Å². The highest BCUT2D eigenvalue weighted by molar-refractivity contribution is 4.92. The molecule has 1 aliphatic heterocycles. The summed E-state index contributed by atoms with van der Waals surface area (Å²) in [6, 6.07) is 0. The van der Waals surface area contributed by atoms with E-state index in [1.807, 2.05) is 0 Å². The Hall–Kier alpha value is -0.120. The second-order valence-electron chi connectivity index (χ2n) is 6.20. The summed E-state index contributed by atoms with van der Waals surface area (Å²) in [7, 11) is 0. The standard InChI is InChI=1S/C14H28N2O/c1-12-2-6-14(11-17,7-3-12)16-10-13-4-8-15-9-5-13/h12-13,15-17H,2-11H2,1H3. The fourth-order valence-electron chi connectivity index (χ4n) is 3.15. The zero-order valence-corrected chi connectivity index (χ0v) is 11.2. The summed E-state index contributed by atoms with van der Waals surface area (Å²) < 4.78 is 0. The second kappa shape index (κ2) is 6.17. The lowest BCUT2D eigenvalue weighted by atomic mass is 9.77. The van der Waals surface area contributed by atoms with E-state index in [9.17, 15) is 5.11 Å². The molecule has 2 aliphatic rings. The van der Waals surface area contributed by atoms with Crippen LogP contribution in [-0.2, 0) is 0 Å². The van der Waals surface area contributed by atoms with Gasteiger partial charge in [-0.05, 0) is 70.0 Å². The lowest BCUT2D eigenvalue weighted by Crippen LogP contribution is -2.52. The zero-order chi connectivity index (χ0) is 12.1. The Kier molecular flexibility index (Phi) is 4.83. The smallest absolute Gasteiger partial charge is 0.0613 e. The maximum absolute atomic E-state index is 9.68. The summed E-state index contributed by atoms with van der Waals surface area (Å²) in [5, 5.41) is 16.8. The number of aliphatic hydroxyl groups excluding tert-OH is 1. The van der Waals surface area contributed by atoms with Crippen molar-refractivity contribution >= 4 is 0 Å². The molecule has 3 nitrogen and oxygen atoms in total. The molecule has 1 aliphatic carbocycles. The second-order valence-corrected chi connectivity index (χ2v) is 6.20. The molecular formula is C14H28N2O. The van der Waals surface area contributed by atoms with Crippen molar-refractivity contribution in [3.05, 3.63) is 0 Å². The van der Waals surface area contributed by atoms with Crippen LogP contribution in [-0.4, -0.2) is 36.9 Å². The van der Waals surface area contributed by atoms with Crippen LogP contribution in [0.1, 0.15) is 45.4 Å². The first kappa shape index (κ1) is 13.3. The number of rotatable bonds is 4. The highest BCUT2D eigenvalue weighted by Crippen LogP contribution is 2.31. The van der Waals surface area contributed by atoms with E-state index in [1.165, 1.54) is 25.7 Å². The van der Waals surface area contributed by atoms with Crippen LogP contribution in [0.5, 0.6) is 0 Å². The maximum atomic E-state index is 9.68. The van der Waals surface area contributed by atoms with Crippen LogP contribution in [0, 0.1) is 11.8 Å². The fraction of sp³-hybridized carbons (Fsp3) is 1.00. The van der Waals surface area contributed by atoms with Gasteiger partial charge >= 0.3 is 0 Å². The van der Waals surface area contributed by atoms with Crippen molar-refractivity contribution in [2.75, 3.05) is 26.2 Å². The molecule has 100 valence electrons. The molecule has 2 fully saturated rings. The molecular weight excluding hydrogens is 212 g/mol. The molecule has 1 saturated heterocycles. The van der Waals surface area contributed by atoms with Crippen molar-refractivity contribution < 1.29 is 5.11 Å². The van der Waals surface area contributed by atoms with Crippen molar-refractivity contribution in [3.8, 4) is 0 Å². The summed E-state index contributed by atoms with van der Waals surface area (Å²) in [5.41, 5.74) is 0.0391. The Balaban J connectivity index is 1.78. The summed E-state index contributed by atoms with van der Waals surface area (Å²) in [5.74, 6) is 1.65. The number of nitrogens with one attached hydrogen (secondary N) is 2. The molecule has 0 aromatic carbocycles. The van der Waals surface area contributed by atoms with Gasteiger partial charge in [-0.25, -0.2) is 0 Å². The van der Waals surface area contributed by atoms with Crippen LogP contribution in [0.2, 0.25) is 0 Å². The molecule has 0 unspecified atom stereocenters. The quantitative estimate of drug-likeness (QED) is 0.698. The van der Waals surface area contributed by atoms with Gasteiger partial charge in [-0.1, -0.05) is 6.92 Å². The largest absolute Gasteiger partial charge is 0.394 e. The zero-order valence-electron chi connectivity index (χ0n) is 11.2. The van der Waals surface area contributed by atoms with Gasteiger partial charge in [0.15, 0.2) is 0 Å². The van der Waals surface area contributed by atoms with Crippen molar-refractivity contribution in [1.29, 1.82) is 0 Å². The minimum atomic E-state index is 0.0391. The molecule has 0 radical (unpaired) electrons. The van der Waals surface area contributed by atoms with Crippen LogP contribution >= 0.6 is 0 Å². The van der Waals surface area contributed by atoms with E-state index in [1.54, 1.807) is 0 Å². The third kappa shape index (κ3) is 3.67. The average molecular weight is 240 g/mol. The van der Waals surface area contributed by atoms with Crippen molar-refractivity contribution in [1.82, 2.24) is 10.6 Å². The minimum Gasteiger partial charge on any atom is -0.394 e. The number of hydrogen-bond acceptors (Lipinski definition) is 3. The molecule has 1 saturated carbocycles. The predicted molar refractivity (Wildman–Crippen MR) is 71.0 cm³/mol. The lowest BCUT2D eigenvalue weighted by Gasteiger charge is -2.40. The molecule has 3 N–H and O–H groups in total. The van der Waals surface area contributed by atoms with Gasteiger partial charge in [-0.15, -0.1) is 0 Å². The Labute approximate surface area is 105 Å². The average Bonchev–Trinajstić information content (AvgIpc) is 2.40. The van der Waals surface area contributed by atoms with Gasteiger partial charge < -0.3 is 15.7 Å². The van der Waals surface area contributed by atoms with Gasteiger partial charge in [0.25, 0.3) is 0 Å². The fourth-order valence-corrected chi connectivity index (χ4v) is 3.15. The van der Waals surface area contributed by atoms with Crippen LogP contribution in [0.15, 0.2) is 0 Å². The highest BCUT2D eigenvalue weighted by atomic mass is 16.3. The summed E-state index contributed by atoms with van der Waals surface area (Å²) >= 11 is 0. The summed E-state index contributed by atoms with van der Waals surface area (Å²) in [6.45, 7) is 6.06. The normalized spacial score (nSPS) is 36.0. The number of piperidine rings is 1. The van der Waals surface area contributed by atoms with Crippen LogP contribution in [0.3, 0.4) is 0 Å². The van der Waals surface area contributed by atoms with E-state index in [0.717, 1.165) is 44.3 Å². The predicted octanol–water partition coefficient (Wildman–Crippen LogP) is 1.52. The van der Waals surface area contributed by atoms with E-state index in [-0.39, 0.29) is 5.54 Å². The highest BCUT2D eigenvalue weighted by Gasteiger charge is 2.33. The van der Waals surface area contributed by atoms with Gasteiger partial charge in [0.05, 0.1) is 6.61 Å². The Morgan fingerprint density at radius 1 is 1.18 bits per heavy atom. The maximum Gasteiger partial charge on any atom is 0.0613 e. The third-order valence-corrected chi connectivity index (χ3v) is 4.76. The van der Waals surface area contributed by atoms with Crippen LogP contribution in [0.25, 0.3) is 0 Å². The van der Waals surface area contributed by atoms with Gasteiger partial charge in [0, 0.05) is 5.54 Å². The first-order chi connectivity index (χ1) is 8.24. The van der Waals surface area contributed by atoms with Crippen molar-refractivity contribution in [2.45, 2.75) is 51.0 Å². The van der Waals surface area contributed by atoms with Gasteiger partial charge in [-0.2, -0.15) is 0 Å². The van der Waals surface area contributed by atoms with Crippen molar-refractivity contribution in [3.63, 3.8) is 0 Å². The number of aliphatic hydroxyl groups is 1. The molecule has 2 rings (SSSR count). The molecule has 17 heavy (non-hydrogen) atoms. The van der Waals surface area contributed by atoms with E-state index in [0.29, 0.717) is 6.61 Å². The molecule has 0 amide bonds. The SMILES string of the molecule is CC1CCC(CO)(NCC2CCNCC2)CC1. The first-order valence-corrected chi connectivity index (χ1v) is 7.31. The molecule has 1 heterocycles. The molecule has 0 aromatic rings. The summed E-state index contributed by atoms with van der Waals surface area (Å²) in [6.07, 6.45) is 7.39. The topological polar surface area (TPSA) is 44.3 Å². The van der Waals surface area contributed by atoms with E-state index in [4.69, 9.17) is 0 Å². The Morgan fingerprint density at radius 2 is 1.82 bits per heavy atom. The van der Waals surface area contributed by atoms with E-state index in [2.05, 4.69) is 17.6 Å². The molecule has 3 heteroatoms. The minimum absolute atomic E-state index is 0.0391.